The van der Waals surface area contributed by atoms with Crippen LogP contribution >= 0.6 is 11.3 Å². The molecule has 0 aliphatic heterocycles. The molecule has 0 unspecified atom stereocenters. The summed E-state index contributed by atoms with van der Waals surface area (Å²) in [6, 6.07) is 0. The lowest BCUT2D eigenvalue weighted by Crippen LogP contribution is -2.30. The molecule has 1 aliphatic rings. The molecule has 3 N–H and O–H groups in total. The van der Waals surface area contributed by atoms with Crippen LogP contribution in [-0.2, 0) is 24.2 Å². The minimum Gasteiger partial charge on any atom is -0.355 e. The third kappa shape index (κ3) is 3.20. The molecule has 3 rings (SSSR count). The molecule has 0 atom stereocenters. The van der Waals surface area contributed by atoms with Crippen molar-refractivity contribution in [2.24, 2.45) is 0 Å². The van der Waals surface area contributed by atoms with E-state index >= 15 is 0 Å². The van der Waals surface area contributed by atoms with Gasteiger partial charge in [-0.25, -0.2) is 4.98 Å². The van der Waals surface area contributed by atoms with Crippen molar-refractivity contribution in [3.63, 3.8) is 0 Å². The van der Waals surface area contributed by atoms with Crippen LogP contribution in [0.15, 0.2) is 4.79 Å². The summed E-state index contributed by atoms with van der Waals surface area (Å²) in [5, 5.41) is 6.68. The van der Waals surface area contributed by atoms with Crippen LogP contribution in [0.5, 0.6) is 0 Å². The van der Waals surface area contributed by atoms with E-state index in [1.807, 2.05) is 0 Å². The summed E-state index contributed by atoms with van der Waals surface area (Å²) in [4.78, 5) is 32.8. The number of fused-ring (bicyclic) bond motifs is 3. The molecule has 1 amide bonds. The summed E-state index contributed by atoms with van der Waals surface area (Å²) in [5.74, 6) is 0.609. The van der Waals surface area contributed by atoms with E-state index in [0.717, 1.165) is 29.5 Å². The number of aromatic nitrogens is 2. The van der Waals surface area contributed by atoms with Gasteiger partial charge in [0.15, 0.2) is 0 Å². The van der Waals surface area contributed by atoms with E-state index in [-0.39, 0.29) is 11.5 Å². The zero-order valence-electron chi connectivity index (χ0n) is 12.6. The quantitative estimate of drug-likeness (QED) is 0.720. The SMILES string of the molecule is CC(=O)NCCNCc1nc2sc3c(c2c(=O)[nH]1)CCCC3. The first kappa shape index (κ1) is 15.2. The smallest absolute Gasteiger partial charge is 0.259 e. The Morgan fingerprint density at radius 2 is 2.14 bits per heavy atom. The molecule has 0 saturated heterocycles. The molecule has 0 aromatic carbocycles. The first-order valence-electron chi connectivity index (χ1n) is 7.64. The molecular weight excluding hydrogens is 300 g/mol. The van der Waals surface area contributed by atoms with Crippen LogP contribution in [0, 0.1) is 0 Å². The molecule has 0 fully saturated rings. The highest BCUT2D eigenvalue weighted by molar-refractivity contribution is 7.18. The Kier molecular flexibility index (Phi) is 4.54. The molecule has 22 heavy (non-hydrogen) atoms. The highest BCUT2D eigenvalue weighted by atomic mass is 32.1. The standard InChI is InChI=1S/C15H20N4O2S/c1-9(20)17-7-6-16-8-12-18-14(21)13-10-4-2-3-5-11(10)22-15(13)19-12/h16H,2-8H2,1H3,(H,17,20)(H,18,19,21). The van der Waals surface area contributed by atoms with Gasteiger partial charge in [-0.3, -0.25) is 9.59 Å². The maximum absolute atomic E-state index is 12.3. The Labute approximate surface area is 132 Å². The lowest BCUT2D eigenvalue weighted by atomic mass is 9.97. The third-order valence-corrected chi connectivity index (χ3v) is 5.03. The number of nitrogens with one attached hydrogen (secondary N) is 3. The van der Waals surface area contributed by atoms with Crippen LogP contribution < -0.4 is 16.2 Å². The van der Waals surface area contributed by atoms with Gasteiger partial charge in [-0.2, -0.15) is 0 Å². The normalized spacial score (nSPS) is 14.0. The summed E-state index contributed by atoms with van der Waals surface area (Å²) in [7, 11) is 0. The lowest BCUT2D eigenvalue weighted by molar-refractivity contribution is -0.118. The average molecular weight is 320 g/mol. The van der Waals surface area contributed by atoms with Crippen molar-refractivity contribution >= 4 is 27.5 Å². The Morgan fingerprint density at radius 1 is 1.32 bits per heavy atom. The molecule has 118 valence electrons. The van der Waals surface area contributed by atoms with E-state index in [2.05, 4.69) is 20.6 Å². The zero-order valence-corrected chi connectivity index (χ0v) is 13.4. The van der Waals surface area contributed by atoms with Crippen molar-refractivity contribution in [3.8, 4) is 0 Å². The second-order valence-electron chi connectivity index (χ2n) is 5.56. The van der Waals surface area contributed by atoms with Gasteiger partial charge >= 0.3 is 0 Å². The fourth-order valence-electron chi connectivity index (χ4n) is 2.83. The second kappa shape index (κ2) is 6.58. The number of amides is 1. The monoisotopic (exact) mass is 320 g/mol. The van der Waals surface area contributed by atoms with Crippen molar-refractivity contribution in [2.45, 2.75) is 39.2 Å². The summed E-state index contributed by atoms with van der Waals surface area (Å²) in [6.45, 7) is 3.19. The molecule has 0 spiro atoms. The Balaban J connectivity index is 1.72. The molecule has 0 saturated carbocycles. The number of H-pyrrole nitrogens is 1. The highest BCUT2D eigenvalue weighted by Crippen LogP contribution is 2.33. The molecule has 1 aliphatic carbocycles. The lowest BCUT2D eigenvalue weighted by Gasteiger charge is -2.09. The minimum atomic E-state index is -0.0427. The Hall–Kier alpha value is -1.73. The predicted octanol–water partition coefficient (Wildman–Crippen LogP) is 1.09. The first-order chi connectivity index (χ1) is 10.6. The van der Waals surface area contributed by atoms with Crippen molar-refractivity contribution in [1.29, 1.82) is 0 Å². The van der Waals surface area contributed by atoms with Crippen LogP contribution in [-0.4, -0.2) is 29.0 Å². The zero-order chi connectivity index (χ0) is 15.5. The molecule has 2 heterocycles. The maximum atomic E-state index is 12.3. The number of aryl methyl sites for hydroxylation is 2. The number of hydrogen-bond acceptors (Lipinski definition) is 5. The fraction of sp³-hybridized carbons (Fsp3) is 0.533. The highest BCUT2D eigenvalue weighted by Gasteiger charge is 2.19. The Morgan fingerprint density at radius 3 is 2.95 bits per heavy atom. The molecular formula is C15H20N4O2S. The van der Waals surface area contributed by atoms with Gasteiger partial charge in [0.1, 0.15) is 10.7 Å². The van der Waals surface area contributed by atoms with E-state index < -0.39 is 0 Å². The summed E-state index contributed by atoms with van der Waals surface area (Å²) in [6.07, 6.45) is 4.43. The van der Waals surface area contributed by atoms with Gasteiger partial charge in [-0.15, -0.1) is 11.3 Å². The summed E-state index contributed by atoms with van der Waals surface area (Å²) >= 11 is 1.66. The molecule has 2 aromatic rings. The van der Waals surface area contributed by atoms with Gasteiger partial charge in [0.05, 0.1) is 11.9 Å². The second-order valence-corrected chi connectivity index (χ2v) is 6.65. The van der Waals surface area contributed by atoms with E-state index in [1.54, 1.807) is 11.3 Å². The fourth-order valence-corrected chi connectivity index (χ4v) is 4.11. The average Bonchev–Trinajstić information content (AvgIpc) is 2.85. The minimum absolute atomic E-state index is 0.0249. The van der Waals surface area contributed by atoms with Crippen LogP contribution in [0.2, 0.25) is 0 Å². The van der Waals surface area contributed by atoms with E-state index in [9.17, 15) is 9.59 Å². The number of rotatable bonds is 5. The Bertz CT molecular complexity index is 750. The van der Waals surface area contributed by atoms with E-state index in [0.29, 0.717) is 25.5 Å². The van der Waals surface area contributed by atoms with Crippen LogP contribution in [0.1, 0.15) is 36.0 Å². The number of nitrogens with zero attached hydrogens (tertiary/aromatic N) is 1. The van der Waals surface area contributed by atoms with Gasteiger partial charge in [-0.05, 0) is 31.2 Å². The topological polar surface area (TPSA) is 86.9 Å². The largest absolute Gasteiger partial charge is 0.355 e. The van der Waals surface area contributed by atoms with E-state index in [4.69, 9.17) is 0 Å². The number of hydrogen-bond donors (Lipinski definition) is 3. The molecule has 6 nitrogen and oxygen atoms in total. The van der Waals surface area contributed by atoms with E-state index in [1.165, 1.54) is 23.8 Å². The molecule has 7 heteroatoms. The van der Waals surface area contributed by atoms with Gasteiger partial charge in [-0.1, -0.05) is 0 Å². The van der Waals surface area contributed by atoms with Gasteiger partial charge in [0, 0.05) is 24.9 Å². The molecule has 2 aromatic heterocycles. The van der Waals surface area contributed by atoms with Crippen LogP contribution in [0.25, 0.3) is 10.2 Å². The first-order valence-corrected chi connectivity index (χ1v) is 8.45. The van der Waals surface area contributed by atoms with Crippen molar-refractivity contribution < 1.29 is 4.79 Å². The third-order valence-electron chi connectivity index (χ3n) is 3.84. The van der Waals surface area contributed by atoms with Gasteiger partial charge in [0.2, 0.25) is 5.91 Å². The summed E-state index contributed by atoms with van der Waals surface area (Å²) in [5.41, 5.74) is 1.19. The number of thiophene rings is 1. The number of carbonyl (C=O) groups is 1. The van der Waals surface area contributed by atoms with Crippen molar-refractivity contribution in [2.75, 3.05) is 13.1 Å². The molecule has 0 bridgehead atoms. The van der Waals surface area contributed by atoms with Crippen molar-refractivity contribution in [3.05, 3.63) is 26.6 Å². The summed E-state index contributed by atoms with van der Waals surface area (Å²) < 4.78 is 0. The number of carbonyl (C=O) groups excluding carboxylic acids is 1. The van der Waals surface area contributed by atoms with Gasteiger partial charge < -0.3 is 15.6 Å². The maximum Gasteiger partial charge on any atom is 0.259 e. The van der Waals surface area contributed by atoms with Crippen molar-refractivity contribution in [1.82, 2.24) is 20.6 Å². The van der Waals surface area contributed by atoms with Gasteiger partial charge in [0.25, 0.3) is 5.56 Å². The van der Waals surface area contributed by atoms with Crippen LogP contribution in [0.3, 0.4) is 0 Å². The predicted molar refractivity (Wildman–Crippen MR) is 87.3 cm³/mol. The molecule has 0 radical (unpaired) electrons. The van der Waals surface area contributed by atoms with Crippen LogP contribution in [0.4, 0.5) is 0 Å². The number of aromatic amines is 1.